The van der Waals surface area contributed by atoms with Crippen molar-refractivity contribution in [3.05, 3.63) is 71.3 Å². The molecule has 174 valence electrons. The summed E-state index contributed by atoms with van der Waals surface area (Å²) in [5.74, 6) is -2.72. The second kappa shape index (κ2) is 9.40. The molecule has 0 bridgehead atoms. The van der Waals surface area contributed by atoms with Crippen molar-refractivity contribution in [1.82, 2.24) is 14.5 Å². The van der Waals surface area contributed by atoms with Gasteiger partial charge < -0.3 is 10.2 Å². The second-order valence-corrected chi connectivity index (χ2v) is 9.86. The zero-order chi connectivity index (χ0) is 23.6. The summed E-state index contributed by atoms with van der Waals surface area (Å²) in [7, 11) is -4.35. The minimum Gasteiger partial charge on any atom is -0.349 e. The summed E-state index contributed by atoms with van der Waals surface area (Å²) in [5.41, 5.74) is 1.29. The van der Waals surface area contributed by atoms with Crippen molar-refractivity contribution in [1.29, 1.82) is 0 Å². The van der Waals surface area contributed by atoms with E-state index >= 15 is 0 Å². The molecule has 1 saturated heterocycles. The number of piperazine rings is 1. The first-order valence-corrected chi connectivity index (χ1v) is 12.0. The van der Waals surface area contributed by atoms with Crippen LogP contribution in [-0.4, -0.2) is 61.7 Å². The van der Waals surface area contributed by atoms with E-state index in [1.165, 1.54) is 11.0 Å². The fraction of sp³-hybridized carbons (Fsp3) is 0.304. The van der Waals surface area contributed by atoms with Gasteiger partial charge in [-0.2, -0.15) is 4.31 Å². The highest BCUT2D eigenvalue weighted by Gasteiger charge is 2.33. The molecule has 0 atom stereocenters. The van der Waals surface area contributed by atoms with Crippen LogP contribution in [0.2, 0.25) is 0 Å². The van der Waals surface area contributed by atoms with Gasteiger partial charge in [-0.05, 0) is 48.7 Å². The number of halogens is 2. The summed E-state index contributed by atoms with van der Waals surface area (Å²) in [6.07, 6.45) is 5.01. The second-order valence-electron chi connectivity index (χ2n) is 7.98. The van der Waals surface area contributed by atoms with Crippen LogP contribution in [-0.2, 0) is 14.8 Å². The van der Waals surface area contributed by atoms with Gasteiger partial charge in [-0.3, -0.25) is 9.59 Å². The van der Waals surface area contributed by atoms with Gasteiger partial charge in [-0.1, -0.05) is 18.2 Å². The SMILES string of the molecule is O=C(NC1CC1)c1ccc(/C=C/C(=O)N2CCN(S(=O)(=O)c3c(F)cccc3F)CC2)cc1. The van der Waals surface area contributed by atoms with Crippen molar-refractivity contribution in [2.24, 2.45) is 0 Å². The lowest BCUT2D eigenvalue weighted by molar-refractivity contribution is -0.127. The molecule has 10 heteroatoms. The predicted octanol–water partition coefficient (Wildman–Crippen LogP) is 2.40. The summed E-state index contributed by atoms with van der Waals surface area (Å²) in [6, 6.07) is 10.0. The van der Waals surface area contributed by atoms with Gasteiger partial charge in [0.25, 0.3) is 5.91 Å². The number of nitrogens with zero attached hydrogens (tertiary/aromatic N) is 2. The lowest BCUT2D eigenvalue weighted by Crippen LogP contribution is -2.50. The van der Waals surface area contributed by atoms with Crippen molar-refractivity contribution in [2.45, 2.75) is 23.8 Å². The monoisotopic (exact) mass is 475 g/mol. The summed E-state index contributed by atoms with van der Waals surface area (Å²) in [6.45, 7) is 0.0540. The van der Waals surface area contributed by atoms with Crippen LogP contribution in [0.4, 0.5) is 8.78 Å². The number of carbonyl (C=O) groups is 2. The lowest BCUT2D eigenvalue weighted by Gasteiger charge is -2.33. The largest absolute Gasteiger partial charge is 0.349 e. The maximum Gasteiger partial charge on any atom is 0.251 e. The van der Waals surface area contributed by atoms with Gasteiger partial charge in [-0.25, -0.2) is 17.2 Å². The first kappa shape index (κ1) is 23.1. The standard InChI is InChI=1S/C23H23F2N3O4S/c24-19-2-1-3-20(25)22(19)33(31,32)28-14-12-27(13-15-28)21(29)11-6-16-4-7-17(8-5-16)23(30)26-18-9-10-18/h1-8,11,18H,9-10,12-15H2,(H,26,30)/b11-6+. The topological polar surface area (TPSA) is 86.8 Å². The highest BCUT2D eigenvalue weighted by molar-refractivity contribution is 7.89. The molecule has 0 radical (unpaired) electrons. The number of benzene rings is 2. The number of hydrogen-bond acceptors (Lipinski definition) is 4. The highest BCUT2D eigenvalue weighted by Crippen LogP contribution is 2.24. The molecule has 2 amide bonds. The van der Waals surface area contributed by atoms with E-state index in [0.29, 0.717) is 5.56 Å². The van der Waals surface area contributed by atoms with Crippen LogP contribution in [0.1, 0.15) is 28.8 Å². The zero-order valence-electron chi connectivity index (χ0n) is 17.7. The minimum atomic E-state index is -4.35. The van der Waals surface area contributed by atoms with Crippen LogP contribution >= 0.6 is 0 Å². The third kappa shape index (κ3) is 5.28. The maximum absolute atomic E-state index is 14.0. The first-order chi connectivity index (χ1) is 15.8. The smallest absolute Gasteiger partial charge is 0.251 e. The van der Waals surface area contributed by atoms with Crippen molar-refractivity contribution < 1.29 is 26.8 Å². The number of hydrogen-bond donors (Lipinski definition) is 1. The van der Waals surface area contributed by atoms with Gasteiger partial charge in [0.2, 0.25) is 15.9 Å². The third-order valence-electron chi connectivity index (χ3n) is 5.57. The molecule has 4 rings (SSSR count). The van der Waals surface area contributed by atoms with Crippen LogP contribution in [0.15, 0.2) is 53.4 Å². The molecule has 2 aromatic carbocycles. The molecule has 0 aromatic heterocycles. The zero-order valence-corrected chi connectivity index (χ0v) is 18.5. The average Bonchev–Trinajstić information content (AvgIpc) is 3.61. The molecule has 7 nitrogen and oxygen atoms in total. The minimum absolute atomic E-state index is 0.0690. The van der Waals surface area contributed by atoms with Gasteiger partial charge in [0, 0.05) is 43.9 Å². The molecule has 1 aliphatic heterocycles. The number of nitrogens with one attached hydrogen (secondary N) is 1. The van der Waals surface area contributed by atoms with E-state index in [-0.39, 0.29) is 44.0 Å². The van der Waals surface area contributed by atoms with Crippen LogP contribution < -0.4 is 5.32 Å². The van der Waals surface area contributed by atoms with E-state index in [9.17, 15) is 26.8 Å². The number of carbonyl (C=O) groups excluding carboxylic acids is 2. The van der Waals surface area contributed by atoms with Gasteiger partial charge in [0.1, 0.15) is 11.6 Å². The summed E-state index contributed by atoms with van der Waals surface area (Å²) in [5, 5.41) is 2.91. The predicted molar refractivity (Wildman–Crippen MR) is 118 cm³/mol. The van der Waals surface area contributed by atoms with Crippen LogP contribution in [0, 0.1) is 11.6 Å². The molecule has 1 aliphatic carbocycles. The average molecular weight is 476 g/mol. The Labute approximate surface area is 190 Å². The van der Waals surface area contributed by atoms with Crippen LogP contribution in [0.25, 0.3) is 6.08 Å². The van der Waals surface area contributed by atoms with Crippen molar-refractivity contribution in [2.75, 3.05) is 26.2 Å². The van der Waals surface area contributed by atoms with Gasteiger partial charge >= 0.3 is 0 Å². The first-order valence-electron chi connectivity index (χ1n) is 10.6. The molecule has 0 spiro atoms. The molecule has 1 N–H and O–H groups in total. The van der Waals surface area contributed by atoms with Crippen LogP contribution in [0.3, 0.4) is 0 Å². The molecule has 2 aromatic rings. The van der Waals surface area contributed by atoms with Crippen molar-refractivity contribution >= 4 is 27.9 Å². The molecule has 1 heterocycles. The van der Waals surface area contributed by atoms with Gasteiger partial charge in [-0.15, -0.1) is 0 Å². The Morgan fingerprint density at radius 1 is 0.939 bits per heavy atom. The van der Waals surface area contributed by atoms with Crippen molar-refractivity contribution in [3.63, 3.8) is 0 Å². The summed E-state index contributed by atoms with van der Waals surface area (Å²) < 4.78 is 54.2. The molecule has 2 aliphatic rings. The molecular weight excluding hydrogens is 452 g/mol. The van der Waals surface area contributed by atoms with E-state index < -0.39 is 26.6 Å². The quantitative estimate of drug-likeness (QED) is 0.650. The molecule has 33 heavy (non-hydrogen) atoms. The summed E-state index contributed by atoms with van der Waals surface area (Å²) >= 11 is 0. The van der Waals surface area contributed by atoms with E-state index in [4.69, 9.17) is 0 Å². The lowest BCUT2D eigenvalue weighted by atomic mass is 10.1. The fourth-order valence-electron chi connectivity index (χ4n) is 3.52. The Bertz CT molecular complexity index is 1170. The Morgan fingerprint density at radius 3 is 2.12 bits per heavy atom. The number of rotatable bonds is 6. The summed E-state index contributed by atoms with van der Waals surface area (Å²) in [4.78, 5) is 25.0. The van der Waals surface area contributed by atoms with Crippen molar-refractivity contribution in [3.8, 4) is 0 Å². The normalized spacial score (nSPS) is 17.3. The highest BCUT2D eigenvalue weighted by atomic mass is 32.2. The fourth-order valence-corrected chi connectivity index (χ4v) is 5.05. The Morgan fingerprint density at radius 2 is 1.55 bits per heavy atom. The van der Waals surface area contributed by atoms with Crippen LogP contribution in [0.5, 0.6) is 0 Å². The van der Waals surface area contributed by atoms with Gasteiger partial charge in [0.15, 0.2) is 4.90 Å². The Kier molecular flexibility index (Phi) is 6.57. The molecule has 1 saturated carbocycles. The molecule has 2 fully saturated rings. The van der Waals surface area contributed by atoms with E-state index in [0.717, 1.165) is 40.9 Å². The van der Waals surface area contributed by atoms with E-state index in [1.807, 2.05) is 0 Å². The Balaban J connectivity index is 1.33. The maximum atomic E-state index is 14.0. The third-order valence-corrected chi connectivity index (χ3v) is 7.52. The number of sulfonamides is 1. The molecular formula is C23H23F2N3O4S. The molecule has 0 unspecified atom stereocenters. The Hall–Kier alpha value is -3.11. The van der Waals surface area contributed by atoms with E-state index in [2.05, 4.69) is 5.32 Å². The van der Waals surface area contributed by atoms with E-state index in [1.54, 1.807) is 30.3 Å². The number of amides is 2. The van der Waals surface area contributed by atoms with Gasteiger partial charge in [0.05, 0.1) is 0 Å².